The van der Waals surface area contributed by atoms with Gasteiger partial charge in [-0.3, -0.25) is 9.69 Å². The fourth-order valence-electron chi connectivity index (χ4n) is 3.33. The summed E-state index contributed by atoms with van der Waals surface area (Å²) < 4.78 is 12.8. The van der Waals surface area contributed by atoms with Gasteiger partial charge in [-0.05, 0) is 49.7 Å². The molecule has 1 amide bonds. The van der Waals surface area contributed by atoms with E-state index in [9.17, 15) is 4.79 Å². The molecule has 0 unspecified atom stereocenters. The summed E-state index contributed by atoms with van der Waals surface area (Å²) in [7, 11) is 1.62. The minimum Gasteiger partial charge on any atom is -0.497 e. The van der Waals surface area contributed by atoms with E-state index < -0.39 is 0 Å². The van der Waals surface area contributed by atoms with E-state index in [1.54, 1.807) is 16.7 Å². The Hall–Kier alpha value is -3.35. The minimum atomic E-state index is -0.175. The van der Waals surface area contributed by atoms with Gasteiger partial charge in [0.05, 0.1) is 30.7 Å². The van der Waals surface area contributed by atoms with E-state index >= 15 is 0 Å². The number of ether oxygens (including phenoxy) is 2. The Bertz CT molecular complexity index is 997. The van der Waals surface area contributed by atoms with Crippen molar-refractivity contribution in [1.82, 2.24) is 15.0 Å². The van der Waals surface area contributed by atoms with E-state index in [1.165, 1.54) is 0 Å². The average molecular weight is 378 g/mol. The lowest BCUT2D eigenvalue weighted by Crippen LogP contribution is -2.43. The number of fused-ring (bicyclic) bond motifs is 1. The fourth-order valence-corrected chi connectivity index (χ4v) is 3.33. The summed E-state index contributed by atoms with van der Waals surface area (Å²) in [5.41, 5.74) is 2.60. The van der Waals surface area contributed by atoms with Crippen LogP contribution in [0.25, 0.3) is 5.69 Å². The molecule has 0 fully saturated rings. The highest BCUT2D eigenvalue weighted by molar-refractivity contribution is 6.06. The first-order valence-electron chi connectivity index (χ1n) is 9.26. The lowest BCUT2D eigenvalue weighted by atomic mass is 10.1. The smallest absolute Gasteiger partial charge is 0.280 e. The number of anilines is 1. The summed E-state index contributed by atoms with van der Waals surface area (Å²) in [5.74, 6) is 1.30. The summed E-state index contributed by atoms with van der Waals surface area (Å²) in [4.78, 5) is 15.1. The third-order valence-corrected chi connectivity index (χ3v) is 4.95. The zero-order valence-electron chi connectivity index (χ0n) is 16.1. The molecule has 0 saturated carbocycles. The molecular formula is C21H22N4O3. The Morgan fingerprint density at radius 2 is 1.96 bits per heavy atom. The number of amides is 1. The van der Waals surface area contributed by atoms with Crippen molar-refractivity contribution in [3.63, 3.8) is 0 Å². The van der Waals surface area contributed by atoms with Crippen LogP contribution in [0, 0.1) is 6.92 Å². The molecule has 28 heavy (non-hydrogen) atoms. The number of rotatable bonds is 4. The third kappa shape index (κ3) is 3.09. The predicted octanol–water partition coefficient (Wildman–Crippen LogP) is 3.40. The van der Waals surface area contributed by atoms with Gasteiger partial charge in [0.25, 0.3) is 5.91 Å². The van der Waals surface area contributed by atoms with Crippen LogP contribution in [0.4, 0.5) is 5.69 Å². The van der Waals surface area contributed by atoms with Gasteiger partial charge in [0.2, 0.25) is 0 Å². The Kier molecular flexibility index (Phi) is 4.73. The van der Waals surface area contributed by atoms with Gasteiger partial charge in [0.1, 0.15) is 17.6 Å². The van der Waals surface area contributed by atoms with Crippen molar-refractivity contribution in [3.05, 3.63) is 59.9 Å². The van der Waals surface area contributed by atoms with Crippen LogP contribution >= 0.6 is 0 Å². The highest BCUT2D eigenvalue weighted by Gasteiger charge is 2.32. The number of nitrogens with zero attached hydrogens (tertiary/aromatic N) is 4. The fraction of sp³-hybridized carbons (Fsp3) is 0.286. The molecule has 144 valence electrons. The van der Waals surface area contributed by atoms with Gasteiger partial charge < -0.3 is 9.47 Å². The second-order valence-electron chi connectivity index (χ2n) is 6.66. The summed E-state index contributed by atoms with van der Waals surface area (Å²) in [6.45, 7) is 4.38. The van der Waals surface area contributed by atoms with Crippen LogP contribution < -0.4 is 14.4 Å². The van der Waals surface area contributed by atoms with Crippen LogP contribution in [0.5, 0.6) is 11.5 Å². The minimum absolute atomic E-state index is 0.0456. The standard InChI is InChI=1S/C21H22N4O3/c1-4-16-13-24(18-7-5-6-8-19(18)28-16)21(26)20-14(2)25(23-22-20)15-9-11-17(27-3)12-10-15/h5-12,16H,4,13H2,1-3H3/t16-/m1/s1. The predicted molar refractivity (Wildman–Crippen MR) is 105 cm³/mol. The Morgan fingerprint density at radius 3 is 2.68 bits per heavy atom. The van der Waals surface area contributed by atoms with Crippen molar-refractivity contribution in [2.24, 2.45) is 0 Å². The summed E-state index contributed by atoms with van der Waals surface area (Å²) in [5, 5.41) is 8.38. The molecule has 0 saturated heterocycles. The Balaban J connectivity index is 1.68. The first-order chi connectivity index (χ1) is 13.6. The molecular weight excluding hydrogens is 356 g/mol. The number of benzene rings is 2. The van der Waals surface area contributed by atoms with Crippen molar-refractivity contribution < 1.29 is 14.3 Å². The number of carbonyl (C=O) groups excluding carboxylic acids is 1. The van der Waals surface area contributed by atoms with Crippen molar-refractivity contribution >= 4 is 11.6 Å². The molecule has 0 aliphatic carbocycles. The van der Waals surface area contributed by atoms with Gasteiger partial charge in [-0.1, -0.05) is 24.3 Å². The number of hydrogen-bond donors (Lipinski definition) is 0. The number of aromatic nitrogens is 3. The van der Waals surface area contributed by atoms with Crippen LogP contribution in [0.2, 0.25) is 0 Å². The molecule has 3 aromatic rings. The number of methoxy groups -OCH3 is 1. The molecule has 1 aliphatic rings. The first-order valence-corrected chi connectivity index (χ1v) is 9.26. The molecule has 7 heteroatoms. The molecule has 1 atom stereocenters. The first kappa shape index (κ1) is 18.0. The molecule has 0 bridgehead atoms. The van der Waals surface area contributed by atoms with Gasteiger partial charge in [-0.15, -0.1) is 5.10 Å². The normalized spacial score (nSPS) is 15.7. The van der Waals surface area contributed by atoms with Crippen molar-refractivity contribution in [1.29, 1.82) is 0 Å². The maximum Gasteiger partial charge on any atom is 0.280 e. The van der Waals surface area contributed by atoms with Crippen LogP contribution in [-0.4, -0.2) is 40.7 Å². The SMILES string of the molecule is CC[C@@H]1CN(C(=O)c2nnn(-c3ccc(OC)cc3)c2C)c2ccccc2O1. The van der Waals surface area contributed by atoms with Gasteiger partial charge >= 0.3 is 0 Å². The molecule has 4 rings (SSSR count). The number of hydrogen-bond acceptors (Lipinski definition) is 5. The van der Waals surface area contributed by atoms with E-state index in [0.29, 0.717) is 23.7 Å². The van der Waals surface area contributed by atoms with Crippen LogP contribution in [0.3, 0.4) is 0 Å². The van der Waals surface area contributed by atoms with E-state index in [-0.39, 0.29) is 12.0 Å². The van der Waals surface area contributed by atoms with E-state index in [4.69, 9.17) is 9.47 Å². The molecule has 1 aromatic heterocycles. The van der Waals surface area contributed by atoms with Gasteiger partial charge in [0, 0.05) is 0 Å². The topological polar surface area (TPSA) is 69.5 Å². The zero-order chi connectivity index (χ0) is 19.7. The molecule has 7 nitrogen and oxygen atoms in total. The van der Waals surface area contributed by atoms with Gasteiger partial charge in [-0.2, -0.15) is 0 Å². The second kappa shape index (κ2) is 7.34. The maximum atomic E-state index is 13.3. The molecule has 2 heterocycles. The molecule has 0 N–H and O–H groups in total. The third-order valence-electron chi connectivity index (χ3n) is 4.95. The lowest BCUT2D eigenvalue weighted by Gasteiger charge is -2.34. The second-order valence-corrected chi connectivity index (χ2v) is 6.66. The van der Waals surface area contributed by atoms with E-state index in [1.807, 2.05) is 62.4 Å². The summed E-state index contributed by atoms with van der Waals surface area (Å²) in [6, 6.07) is 15.0. The highest BCUT2D eigenvalue weighted by Crippen LogP contribution is 2.34. The monoisotopic (exact) mass is 378 g/mol. The van der Waals surface area contributed by atoms with E-state index in [0.717, 1.165) is 23.5 Å². The average Bonchev–Trinajstić information content (AvgIpc) is 3.13. The van der Waals surface area contributed by atoms with Crippen LogP contribution in [-0.2, 0) is 0 Å². The quantitative estimate of drug-likeness (QED) is 0.696. The lowest BCUT2D eigenvalue weighted by molar-refractivity contribution is 0.0949. The summed E-state index contributed by atoms with van der Waals surface area (Å²) >= 11 is 0. The molecule has 0 radical (unpaired) electrons. The highest BCUT2D eigenvalue weighted by atomic mass is 16.5. The molecule has 0 spiro atoms. The number of para-hydroxylation sites is 2. The Labute approximate surface area is 163 Å². The molecule has 2 aromatic carbocycles. The largest absolute Gasteiger partial charge is 0.497 e. The molecule has 1 aliphatic heterocycles. The summed E-state index contributed by atoms with van der Waals surface area (Å²) in [6.07, 6.45) is 0.770. The van der Waals surface area contributed by atoms with Crippen molar-refractivity contribution in [2.75, 3.05) is 18.6 Å². The maximum absolute atomic E-state index is 13.3. The van der Waals surface area contributed by atoms with E-state index in [2.05, 4.69) is 10.3 Å². The van der Waals surface area contributed by atoms with Gasteiger partial charge in [0.15, 0.2) is 5.69 Å². The van der Waals surface area contributed by atoms with Crippen molar-refractivity contribution in [3.8, 4) is 17.2 Å². The van der Waals surface area contributed by atoms with Crippen molar-refractivity contribution in [2.45, 2.75) is 26.4 Å². The number of carbonyl (C=O) groups is 1. The van der Waals surface area contributed by atoms with Crippen LogP contribution in [0.15, 0.2) is 48.5 Å². The van der Waals surface area contributed by atoms with Crippen LogP contribution in [0.1, 0.15) is 29.5 Å². The Morgan fingerprint density at radius 1 is 1.21 bits per heavy atom. The van der Waals surface area contributed by atoms with Gasteiger partial charge in [-0.25, -0.2) is 4.68 Å². The zero-order valence-corrected chi connectivity index (χ0v) is 16.1.